The molecule has 0 aliphatic heterocycles. The largest absolute Gasteiger partial charge is 0.370 e. The van der Waals surface area contributed by atoms with Crippen molar-refractivity contribution in [2.45, 2.75) is 44.6 Å². The fourth-order valence-corrected chi connectivity index (χ4v) is 3.67. The van der Waals surface area contributed by atoms with Crippen LogP contribution in [0.3, 0.4) is 0 Å². The zero-order valence-electron chi connectivity index (χ0n) is 16.1. The van der Waals surface area contributed by atoms with E-state index in [0.29, 0.717) is 6.04 Å². The van der Waals surface area contributed by atoms with Crippen molar-refractivity contribution in [2.24, 2.45) is 0 Å². The smallest absolute Gasteiger partial charge is 0.225 e. The molecule has 0 saturated heterocycles. The molecule has 1 fully saturated rings. The highest BCUT2D eigenvalue weighted by Gasteiger charge is 2.15. The highest BCUT2D eigenvalue weighted by molar-refractivity contribution is 5.64. The van der Waals surface area contributed by atoms with E-state index in [9.17, 15) is 0 Å². The molecule has 1 aliphatic rings. The van der Waals surface area contributed by atoms with Crippen LogP contribution in [0.25, 0.3) is 11.3 Å². The molecule has 0 atom stereocenters. The van der Waals surface area contributed by atoms with Crippen LogP contribution in [0.5, 0.6) is 0 Å². The van der Waals surface area contributed by atoms with E-state index in [2.05, 4.69) is 27.8 Å². The summed E-state index contributed by atoms with van der Waals surface area (Å²) in [5, 5.41) is 7.04. The van der Waals surface area contributed by atoms with Crippen LogP contribution in [0.2, 0.25) is 0 Å². The zero-order valence-corrected chi connectivity index (χ0v) is 16.1. The first-order chi connectivity index (χ1) is 13.9. The highest BCUT2D eigenvalue weighted by Crippen LogP contribution is 2.24. The normalized spacial score (nSPS) is 14.6. The van der Waals surface area contributed by atoms with Gasteiger partial charge in [-0.2, -0.15) is 4.98 Å². The Kier molecular flexibility index (Phi) is 6.12. The van der Waals surface area contributed by atoms with Gasteiger partial charge in [-0.05, 0) is 37.0 Å². The lowest BCUT2D eigenvalue weighted by Crippen LogP contribution is -2.24. The van der Waals surface area contributed by atoms with Gasteiger partial charge in [0.1, 0.15) is 5.82 Å². The summed E-state index contributed by atoms with van der Waals surface area (Å²) in [5.74, 6) is 1.58. The second-order valence-electron chi connectivity index (χ2n) is 7.34. The van der Waals surface area contributed by atoms with Crippen molar-refractivity contribution in [3.05, 3.63) is 66.5 Å². The van der Waals surface area contributed by atoms with Crippen molar-refractivity contribution in [2.75, 3.05) is 17.2 Å². The van der Waals surface area contributed by atoms with Crippen LogP contribution in [0.4, 0.5) is 11.8 Å². The predicted molar refractivity (Wildman–Crippen MR) is 114 cm³/mol. The number of anilines is 2. The minimum absolute atomic E-state index is 0.476. The SMILES string of the molecule is c1ccc(-c2cc(NCCc3ccncc3)nc(NC3CCCCC3)n2)cc1. The lowest BCUT2D eigenvalue weighted by molar-refractivity contribution is 0.461. The summed E-state index contributed by atoms with van der Waals surface area (Å²) < 4.78 is 0. The standard InChI is InChI=1S/C23H27N5/c1-3-7-19(8-4-1)21-17-22(25-16-13-18-11-14-24-15-12-18)28-23(27-21)26-20-9-5-2-6-10-20/h1,3-4,7-8,11-12,14-15,17,20H,2,5-6,9-10,13,16H2,(H2,25,26,27,28). The molecule has 2 N–H and O–H groups in total. The molecule has 1 aromatic carbocycles. The number of hydrogen-bond acceptors (Lipinski definition) is 5. The minimum Gasteiger partial charge on any atom is -0.370 e. The lowest BCUT2D eigenvalue weighted by atomic mass is 9.96. The fraction of sp³-hybridized carbons (Fsp3) is 0.348. The summed E-state index contributed by atoms with van der Waals surface area (Å²) >= 11 is 0. The quantitative estimate of drug-likeness (QED) is 0.614. The van der Waals surface area contributed by atoms with Gasteiger partial charge >= 0.3 is 0 Å². The van der Waals surface area contributed by atoms with Gasteiger partial charge in [-0.1, -0.05) is 49.6 Å². The van der Waals surface area contributed by atoms with E-state index in [1.807, 2.05) is 48.8 Å². The average molecular weight is 374 g/mol. The lowest BCUT2D eigenvalue weighted by Gasteiger charge is -2.23. The summed E-state index contributed by atoms with van der Waals surface area (Å²) in [5.41, 5.74) is 3.31. The van der Waals surface area contributed by atoms with Crippen LogP contribution < -0.4 is 10.6 Å². The van der Waals surface area contributed by atoms with E-state index in [1.54, 1.807) is 0 Å². The third-order valence-electron chi connectivity index (χ3n) is 5.20. The van der Waals surface area contributed by atoms with Crippen molar-refractivity contribution in [1.29, 1.82) is 0 Å². The molecule has 0 unspecified atom stereocenters. The number of rotatable bonds is 7. The Labute approximate surface area is 166 Å². The van der Waals surface area contributed by atoms with Crippen molar-refractivity contribution < 1.29 is 0 Å². The van der Waals surface area contributed by atoms with E-state index in [-0.39, 0.29) is 0 Å². The molecule has 0 spiro atoms. The summed E-state index contributed by atoms with van der Waals surface area (Å²) in [6, 6.07) is 16.9. The van der Waals surface area contributed by atoms with E-state index in [1.165, 1.54) is 37.7 Å². The molecule has 5 nitrogen and oxygen atoms in total. The fourth-order valence-electron chi connectivity index (χ4n) is 3.67. The Morgan fingerprint density at radius 3 is 2.46 bits per heavy atom. The van der Waals surface area contributed by atoms with Crippen molar-refractivity contribution in [3.63, 3.8) is 0 Å². The average Bonchev–Trinajstić information content (AvgIpc) is 2.76. The monoisotopic (exact) mass is 373 g/mol. The Balaban J connectivity index is 1.51. The van der Waals surface area contributed by atoms with Gasteiger partial charge in [0.05, 0.1) is 5.69 Å². The van der Waals surface area contributed by atoms with Crippen LogP contribution in [0, 0.1) is 0 Å². The van der Waals surface area contributed by atoms with Crippen LogP contribution in [-0.4, -0.2) is 27.5 Å². The van der Waals surface area contributed by atoms with Gasteiger partial charge in [0.2, 0.25) is 5.95 Å². The molecule has 5 heteroatoms. The molecule has 0 radical (unpaired) electrons. The second kappa shape index (κ2) is 9.31. The van der Waals surface area contributed by atoms with E-state index >= 15 is 0 Å². The number of benzene rings is 1. The third kappa shape index (κ3) is 5.06. The molecule has 0 bridgehead atoms. The third-order valence-corrected chi connectivity index (χ3v) is 5.20. The van der Waals surface area contributed by atoms with Crippen LogP contribution in [0.15, 0.2) is 60.9 Å². The molecule has 2 aromatic heterocycles. The van der Waals surface area contributed by atoms with Gasteiger partial charge < -0.3 is 10.6 Å². The maximum Gasteiger partial charge on any atom is 0.225 e. The number of nitrogens with one attached hydrogen (secondary N) is 2. The maximum atomic E-state index is 4.79. The Hall–Kier alpha value is -2.95. The molecule has 28 heavy (non-hydrogen) atoms. The van der Waals surface area contributed by atoms with Crippen molar-refractivity contribution >= 4 is 11.8 Å². The first-order valence-electron chi connectivity index (χ1n) is 10.2. The Morgan fingerprint density at radius 2 is 1.68 bits per heavy atom. The van der Waals surface area contributed by atoms with Gasteiger partial charge in [-0.3, -0.25) is 4.98 Å². The van der Waals surface area contributed by atoms with E-state index in [0.717, 1.165) is 36.0 Å². The number of pyridine rings is 1. The molecule has 3 aromatic rings. The van der Waals surface area contributed by atoms with Crippen LogP contribution in [0.1, 0.15) is 37.7 Å². The zero-order chi connectivity index (χ0) is 19.0. The molecule has 2 heterocycles. The maximum absolute atomic E-state index is 4.79. The van der Waals surface area contributed by atoms with Gasteiger partial charge in [-0.15, -0.1) is 0 Å². The second-order valence-corrected chi connectivity index (χ2v) is 7.34. The number of aromatic nitrogens is 3. The summed E-state index contributed by atoms with van der Waals surface area (Å²) in [4.78, 5) is 13.6. The van der Waals surface area contributed by atoms with Crippen LogP contribution >= 0.6 is 0 Å². The first kappa shape index (κ1) is 18.4. The van der Waals surface area contributed by atoms with Gasteiger partial charge in [0.25, 0.3) is 0 Å². The van der Waals surface area contributed by atoms with Gasteiger partial charge in [0, 0.05) is 36.6 Å². The number of hydrogen-bond donors (Lipinski definition) is 2. The highest BCUT2D eigenvalue weighted by atomic mass is 15.2. The Morgan fingerprint density at radius 1 is 0.893 bits per heavy atom. The molecule has 1 saturated carbocycles. The summed E-state index contributed by atoms with van der Waals surface area (Å²) in [6.45, 7) is 0.818. The van der Waals surface area contributed by atoms with Gasteiger partial charge in [-0.25, -0.2) is 4.98 Å². The molecule has 4 rings (SSSR count). The van der Waals surface area contributed by atoms with Crippen molar-refractivity contribution in [3.8, 4) is 11.3 Å². The first-order valence-corrected chi connectivity index (χ1v) is 10.2. The Bertz CT molecular complexity index is 861. The van der Waals surface area contributed by atoms with E-state index in [4.69, 9.17) is 9.97 Å². The van der Waals surface area contributed by atoms with Crippen molar-refractivity contribution in [1.82, 2.24) is 15.0 Å². The minimum atomic E-state index is 0.476. The molecular weight excluding hydrogens is 346 g/mol. The molecule has 0 amide bonds. The summed E-state index contributed by atoms with van der Waals surface area (Å²) in [7, 11) is 0. The van der Waals surface area contributed by atoms with E-state index < -0.39 is 0 Å². The topological polar surface area (TPSA) is 62.7 Å². The molecule has 144 valence electrons. The molecule has 1 aliphatic carbocycles. The number of nitrogens with zero attached hydrogens (tertiary/aromatic N) is 3. The van der Waals surface area contributed by atoms with Crippen LogP contribution in [-0.2, 0) is 6.42 Å². The van der Waals surface area contributed by atoms with Gasteiger partial charge in [0.15, 0.2) is 0 Å². The predicted octanol–water partition coefficient (Wildman–Crippen LogP) is 4.94. The molecular formula is C23H27N5. The summed E-state index contributed by atoms with van der Waals surface area (Å²) in [6.07, 6.45) is 10.9.